The molecule has 0 aliphatic heterocycles. The summed E-state index contributed by atoms with van der Waals surface area (Å²) in [6, 6.07) is 0. The van der Waals surface area contributed by atoms with Gasteiger partial charge in [0.2, 0.25) is 0 Å². The van der Waals surface area contributed by atoms with E-state index in [9.17, 15) is 19.5 Å². The molecule has 0 saturated carbocycles. The fourth-order valence-electron chi connectivity index (χ4n) is 7.27. The number of carboxylic acids is 1. The van der Waals surface area contributed by atoms with Crippen LogP contribution in [0.25, 0.3) is 0 Å². The van der Waals surface area contributed by atoms with Gasteiger partial charge in [0.25, 0.3) is 6.29 Å². The van der Waals surface area contributed by atoms with Crippen LogP contribution in [0.15, 0.2) is 97.2 Å². The summed E-state index contributed by atoms with van der Waals surface area (Å²) in [5, 5.41) is 9.68. The van der Waals surface area contributed by atoms with Gasteiger partial charge in [0, 0.05) is 12.8 Å². The first-order chi connectivity index (χ1) is 34.1. The second-order valence-corrected chi connectivity index (χ2v) is 19.5. The fraction of sp³-hybridized carbons (Fsp3) is 0.689. The molecular formula is C61H104NO8+. The Morgan fingerprint density at radius 2 is 0.814 bits per heavy atom. The average Bonchev–Trinajstić information content (AvgIpc) is 3.33. The number of ether oxygens (including phenoxy) is 4. The molecule has 0 aliphatic carbocycles. The van der Waals surface area contributed by atoms with Gasteiger partial charge >= 0.3 is 17.9 Å². The maximum Gasteiger partial charge on any atom is 0.361 e. The minimum Gasteiger partial charge on any atom is -0.477 e. The van der Waals surface area contributed by atoms with Gasteiger partial charge in [-0.25, -0.2) is 4.79 Å². The van der Waals surface area contributed by atoms with Crippen molar-refractivity contribution in [3.63, 3.8) is 0 Å². The van der Waals surface area contributed by atoms with E-state index in [2.05, 4.69) is 111 Å². The largest absolute Gasteiger partial charge is 0.477 e. The molecule has 2 unspecified atom stereocenters. The summed E-state index contributed by atoms with van der Waals surface area (Å²) in [7, 11) is 5.95. The molecule has 0 heterocycles. The lowest BCUT2D eigenvalue weighted by atomic mass is 10.0. The van der Waals surface area contributed by atoms with E-state index in [1.54, 1.807) is 0 Å². The molecule has 1 N–H and O–H groups in total. The summed E-state index contributed by atoms with van der Waals surface area (Å²) < 4.78 is 22.8. The van der Waals surface area contributed by atoms with Gasteiger partial charge < -0.3 is 28.5 Å². The van der Waals surface area contributed by atoms with E-state index in [0.29, 0.717) is 17.4 Å². The van der Waals surface area contributed by atoms with Crippen molar-refractivity contribution in [2.45, 2.75) is 225 Å². The predicted molar refractivity (Wildman–Crippen MR) is 295 cm³/mol. The van der Waals surface area contributed by atoms with Gasteiger partial charge in [-0.3, -0.25) is 9.59 Å². The van der Waals surface area contributed by atoms with Gasteiger partial charge in [0.1, 0.15) is 13.2 Å². The maximum atomic E-state index is 12.9. The zero-order valence-corrected chi connectivity index (χ0v) is 45.4. The Morgan fingerprint density at radius 3 is 1.21 bits per heavy atom. The number of carboxylic acid groups (broad SMARTS) is 1. The summed E-state index contributed by atoms with van der Waals surface area (Å²) in [6.07, 6.45) is 66.2. The van der Waals surface area contributed by atoms with Crippen molar-refractivity contribution < 1.29 is 42.9 Å². The first kappa shape index (κ1) is 66.2. The van der Waals surface area contributed by atoms with Crippen molar-refractivity contribution in [1.29, 1.82) is 0 Å². The lowest BCUT2D eigenvalue weighted by Gasteiger charge is -2.25. The van der Waals surface area contributed by atoms with Gasteiger partial charge in [0.15, 0.2) is 6.10 Å². The third kappa shape index (κ3) is 52.0. The Bertz CT molecular complexity index is 1470. The van der Waals surface area contributed by atoms with Crippen LogP contribution in [0.5, 0.6) is 0 Å². The molecule has 0 aliphatic rings. The van der Waals surface area contributed by atoms with E-state index in [1.165, 1.54) is 70.6 Å². The number of quaternary nitrogens is 1. The monoisotopic (exact) mass is 979 g/mol. The highest BCUT2D eigenvalue weighted by atomic mass is 16.7. The number of esters is 2. The van der Waals surface area contributed by atoms with Crippen LogP contribution in [-0.2, 0) is 33.3 Å². The molecule has 0 bridgehead atoms. The number of likely N-dealkylation sites (N-methyl/N-ethyl adjacent to an activating group) is 1. The Balaban J connectivity index is 4.22. The number of carbonyl (C=O) groups excluding carboxylic acids is 2. The van der Waals surface area contributed by atoms with Crippen LogP contribution in [0.4, 0.5) is 0 Å². The van der Waals surface area contributed by atoms with Crippen molar-refractivity contribution >= 4 is 17.9 Å². The lowest BCUT2D eigenvalue weighted by Crippen LogP contribution is -2.40. The topological polar surface area (TPSA) is 108 Å². The van der Waals surface area contributed by atoms with Crippen molar-refractivity contribution in [3.8, 4) is 0 Å². The highest BCUT2D eigenvalue weighted by Gasteiger charge is 2.25. The summed E-state index contributed by atoms with van der Waals surface area (Å²) in [6.45, 7) is 4.69. The number of rotatable bonds is 50. The summed E-state index contributed by atoms with van der Waals surface area (Å²) in [5.41, 5.74) is 0. The van der Waals surface area contributed by atoms with Crippen LogP contribution in [0, 0.1) is 0 Å². The van der Waals surface area contributed by atoms with E-state index < -0.39 is 24.3 Å². The minimum atomic E-state index is -1.52. The first-order valence-corrected chi connectivity index (χ1v) is 27.9. The molecule has 0 saturated heterocycles. The average molecular weight is 980 g/mol. The molecule has 0 amide bonds. The minimum absolute atomic E-state index is 0.181. The summed E-state index contributed by atoms with van der Waals surface area (Å²) >= 11 is 0. The molecule has 0 fully saturated rings. The molecule has 0 rings (SSSR count). The first-order valence-electron chi connectivity index (χ1n) is 27.9. The second-order valence-electron chi connectivity index (χ2n) is 19.5. The Hall–Kier alpha value is -3.79. The van der Waals surface area contributed by atoms with Crippen molar-refractivity contribution in [3.05, 3.63) is 97.2 Å². The van der Waals surface area contributed by atoms with Gasteiger partial charge in [0.05, 0.1) is 34.4 Å². The number of nitrogens with zero attached hydrogens (tertiary/aromatic N) is 1. The molecule has 9 heteroatoms. The Morgan fingerprint density at radius 1 is 0.443 bits per heavy atom. The number of unbranched alkanes of at least 4 members (excludes halogenated alkanes) is 19. The molecule has 9 nitrogen and oxygen atoms in total. The molecule has 0 aromatic heterocycles. The Kier molecular flexibility index (Phi) is 48.8. The summed E-state index contributed by atoms with van der Waals surface area (Å²) in [5.74, 6) is -2.03. The predicted octanol–water partition coefficient (Wildman–Crippen LogP) is 16.2. The van der Waals surface area contributed by atoms with Crippen molar-refractivity contribution in [2.75, 3.05) is 47.5 Å². The molecular weight excluding hydrogens is 875 g/mol. The van der Waals surface area contributed by atoms with Crippen LogP contribution in [0.2, 0.25) is 0 Å². The Labute approximate surface area is 429 Å². The maximum absolute atomic E-state index is 12.9. The zero-order valence-electron chi connectivity index (χ0n) is 45.4. The van der Waals surface area contributed by atoms with Crippen LogP contribution in [0.1, 0.15) is 213 Å². The number of hydrogen-bond acceptors (Lipinski definition) is 7. The van der Waals surface area contributed by atoms with Crippen LogP contribution in [0.3, 0.4) is 0 Å². The highest BCUT2D eigenvalue weighted by Crippen LogP contribution is 2.15. The van der Waals surface area contributed by atoms with Crippen molar-refractivity contribution in [2.24, 2.45) is 0 Å². The van der Waals surface area contributed by atoms with Crippen molar-refractivity contribution in [1.82, 2.24) is 0 Å². The molecule has 70 heavy (non-hydrogen) atoms. The van der Waals surface area contributed by atoms with E-state index in [1.807, 2.05) is 21.1 Å². The number of allylic oxidation sites excluding steroid dienone is 16. The van der Waals surface area contributed by atoms with Gasteiger partial charge in [-0.05, 0) is 89.9 Å². The fourth-order valence-corrected chi connectivity index (χ4v) is 7.27. The van der Waals surface area contributed by atoms with Crippen LogP contribution >= 0.6 is 0 Å². The van der Waals surface area contributed by atoms with E-state index in [-0.39, 0.29) is 38.6 Å². The molecule has 2 atom stereocenters. The number of carbonyl (C=O) groups is 3. The third-order valence-electron chi connectivity index (χ3n) is 11.6. The van der Waals surface area contributed by atoms with Gasteiger partial charge in [-0.15, -0.1) is 0 Å². The molecule has 0 aromatic rings. The van der Waals surface area contributed by atoms with Gasteiger partial charge in [-0.2, -0.15) is 0 Å². The second kappa shape index (κ2) is 51.6. The lowest BCUT2D eigenvalue weighted by molar-refractivity contribution is -0.870. The smallest absolute Gasteiger partial charge is 0.361 e. The van der Waals surface area contributed by atoms with E-state index >= 15 is 0 Å². The molecule has 0 spiro atoms. The standard InChI is InChI=1S/C61H103NO8/c1-6-8-10-12-14-16-18-20-22-23-24-25-26-27-28-29-30-31-32-33-34-35-36-37-38-40-42-44-46-48-50-52-59(64)70-57(56-69-61(60(65)66)67-54-53-62(3,4)5)55-68-58(63)51-49-47-45-43-41-39-21-19-17-15-13-11-9-7-2/h8,10,13-16,19-22,24-25,27-28,30-31,57,61H,6-7,9,11-12,17-18,23,26,29,32-56H2,1-5H3/p+1/b10-8-,15-13-,16-14-,21-19-,22-20-,25-24-,28-27-,31-30-. The van der Waals surface area contributed by atoms with E-state index in [4.69, 9.17) is 18.9 Å². The highest BCUT2D eigenvalue weighted by molar-refractivity contribution is 5.71. The quantitative estimate of drug-likeness (QED) is 0.0211. The SMILES string of the molecule is CC/C=C\C/C=C\C/C=C\C/C=C\C/C=C\C/C=C\CCCCCCCCCCCCCCC(=O)OC(COC(=O)CCCCCCC/C=C\C/C=C\CCCC)COC(OCC[N+](C)(C)C)C(=O)O. The molecule has 0 radical (unpaired) electrons. The third-order valence-corrected chi connectivity index (χ3v) is 11.6. The van der Waals surface area contributed by atoms with E-state index in [0.717, 1.165) is 109 Å². The summed E-state index contributed by atoms with van der Waals surface area (Å²) in [4.78, 5) is 37.3. The van der Waals surface area contributed by atoms with Crippen LogP contribution in [-0.4, -0.2) is 87.4 Å². The molecule has 0 aromatic carbocycles. The van der Waals surface area contributed by atoms with Crippen LogP contribution < -0.4 is 0 Å². The zero-order chi connectivity index (χ0) is 51.3. The van der Waals surface area contributed by atoms with Gasteiger partial charge in [-0.1, -0.05) is 207 Å². The normalized spacial score (nSPS) is 13.6. The molecule has 400 valence electrons. The number of aliphatic carboxylic acids is 1. The number of hydrogen-bond donors (Lipinski definition) is 1.